The lowest BCUT2D eigenvalue weighted by atomic mass is 10.1. The normalized spacial score (nSPS) is 13.2. The molecule has 0 aromatic carbocycles. The number of aliphatic hydroxyl groups excluding tert-OH is 1. The smallest absolute Gasteiger partial charge is 0.306 e. The molecule has 0 amide bonds. The molecule has 0 aromatic heterocycles. The van der Waals surface area contributed by atoms with E-state index in [4.69, 9.17) is 9.47 Å². The van der Waals surface area contributed by atoms with E-state index in [-0.39, 0.29) is 31.6 Å². The van der Waals surface area contributed by atoms with Gasteiger partial charge in [-0.25, -0.2) is 0 Å². The molecule has 0 fully saturated rings. The Hall–Kier alpha value is -3.18. The fourth-order valence-corrected chi connectivity index (χ4v) is 5.24. The van der Waals surface area contributed by atoms with Gasteiger partial charge in [-0.3, -0.25) is 9.59 Å². The molecule has 5 nitrogen and oxygen atoms in total. The summed E-state index contributed by atoms with van der Waals surface area (Å²) in [4.78, 5) is 24.3. The molecule has 1 atom stereocenters. The van der Waals surface area contributed by atoms with Gasteiger partial charge in [0.15, 0.2) is 6.10 Å². The van der Waals surface area contributed by atoms with Crippen molar-refractivity contribution >= 4 is 11.9 Å². The Kier molecular flexibility index (Phi) is 39.7. The molecule has 0 bridgehead atoms. The molecular formula is C47H76O5. The number of carbonyl (C=O) groups is 2. The predicted octanol–water partition coefficient (Wildman–Crippen LogP) is 13.3. The molecule has 0 radical (unpaired) electrons. The van der Waals surface area contributed by atoms with Crippen molar-refractivity contribution in [1.29, 1.82) is 0 Å². The van der Waals surface area contributed by atoms with Gasteiger partial charge in [-0.1, -0.05) is 162 Å². The molecule has 1 unspecified atom stereocenters. The minimum absolute atomic E-state index is 0.0992. The van der Waals surface area contributed by atoms with Gasteiger partial charge in [0.1, 0.15) is 6.61 Å². The van der Waals surface area contributed by atoms with Gasteiger partial charge in [0.25, 0.3) is 0 Å². The fourth-order valence-electron chi connectivity index (χ4n) is 5.24. The van der Waals surface area contributed by atoms with Crippen LogP contribution in [0.4, 0.5) is 0 Å². The van der Waals surface area contributed by atoms with Crippen molar-refractivity contribution in [3.8, 4) is 0 Å². The summed E-state index contributed by atoms with van der Waals surface area (Å²) in [5, 5.41) is 9.56. The van der Waals surface area contributed by atoms with E-state index in [1.807, 2.05) is 0 Å². The summed E-state index contributed by atoms with van der Waals surface area (Å²) in [7, 11) is 0. The van der Waals surface area contributed by atoms with Crippen LogP contribution in [-0.2, 0) is 19.1 Å². The fraction of sp³-hybridized carbons (Fsp3) is 0.617. The lowest BCUT2D eigenvalue weighted by molar-refractivity contribution is -0.161. The largest absolute Gasteiger partial charge is 0.462 e. The standard InChI is InChI=1S/C47H76O5/c1-3-5-7-9-11-13-15-17-19-20-21-22-23-24-25-26-28-30-32-34-36-38-40-42-47(50)52-45(43-48)44-51-46(49)41-39-37-35-33-31-29-27-18-16-14-12-10-8-6-4-2/h5,7,11,13,17-19,21-22,24-25,27-28,30,34,36,45,48H,3-4,6,8-10,12,14-16,20,23,26,29,31-33,35,37-44H2,1-2H3/b7-5-,13-11-,19-17-,22-21-,25-24-,27-18-,30-28-,36-34-. The monoisotopic (exact) mass is 721 g/mol. The van der Waals surface area contributed by atoms with Crippen LogP contribution in [0.5, 0.6) is 0 Å². The predicted molar refractivity (Wildman–Crippen MR) is 223 cm³/mol. The van der Waals surface area contributed by atoms with Crippen LogP contribution in [0.15, 0.2) is 97.2 Å². The van der Waals surface area contributed by atoms with E-state index in [0.717, 1.165) is 77.0 Å². The molecule has 0 aliphatic heterocycles. The number of hydrogen-bond acceptors (Lipinski definition) is 5. The lowest BCUT2D eigenvalue weighted by Gasteiger charge is -2.15. The van der Waals surface area contributed by atoms with Crippen LogP contribution in [-0.4, -0.2) is 36.4 Å². The molecule has 0 aliphatic rings. The summed E-state index contributed by atoms with van der Waals surface area (Å²) in [6.07, 6.45) is 59.0. The van der Waals surface area contributed by atoms with E-state index in [9.17, 15) is 14.7 Å². The number of aliphatic hydroxyl groups is 1. The van der Waals surface area contributed by atoms with Crippen molar-refractivity contribution in [2.24, 2.45) is 0 Å². The zero-order valence-corrected chi connectivity index (χ0v) is 33.3. The number of unbranched alkanes of at least 4 members (excludes halogenated alkanes) is 12. The summed E-state index contributed by atoms with van der Waals surface area (Å²) in [6, 6.07) is 0. The Morgan fingerprint density at radius 3 is 1.33 bits per heavy atom. The molecule has 52 heavy (non-hydrogen) atoms. The van der Waals surface area contributed by atoms with Crippen molar-refractivity contribution in [3.05, 3.63) is 97.2 Å². The Bertz CT molecular complexity index is 1040. The molecule has 1 N–H and O–H groups in total. The number of carbonyl (C=O) groups excluding carboxylic acids is 2. The Balaban J connectivity index is 3.73. The molecule has 0 heterocycles. The average Bonchev–Trinajstić information content (AvgIpc) is 3.15. The Labute approximate surface area is 319 Å². The number of hydrogen-bond donors (Lipinski definition) is 1. The summed E-state index contributed by atoms with van der Waals surface area (Å²) in [5.74, 6) is -0.679. The zero-order valence-electron chi connectivity index (χ0n) is 33.3. The maximum absolute atomic E-state index is 12.2. The average molecular weight is 721 g/mol. The minimum Gasteiger partial charge on any atom is -0.462 e. The van der Waals surface area contributed by atoms with E-state index in [0.29, 0.717) is 12.8 Å². The van der Waals surface area contributed by atoms with E-state index in [1.165, 1.54) is 57.8 Å². The number of allylic oxidation sites excluding steroid dienone is 16. The SMILES string of the molecule is CC/C=C\C/C=C\C/C=C\C/C=C\C/C=C\C/C=C\C/C=C\CCCC(=O)OC(CO)COC(=O)CCCCCCC/C=C\CCCCCCCC. The molecule has 5 heteroatoms. The maximum Gasteiger partial charge on any atom is 0.306 e. The lowest BCUT2D eigenvalue weighted by Crippen LogP contribution is -2.28. The van der Waals surface area contributed by atoms with Gasteiger partial charge in [0, 0.05) is 12.8 Å². The minimum atomic E-state index is -0.811. The molecule has 0 spiro atoms. The third kappa shape index (κ3) is 39.6. The topological polar surface area (TPSA) is 72.8 Å². The van der Waals surface area contributed by atoms with Crippen LogP contribution in [0.2, 0.25) is 0 Å². The molecule has 0 aromatic rings. The highest BCUT2D eigenvalue weighted by molar-refractivity contribution is 5.70. The van der Waals surface area contributed by atoms with Gasteiger partial charge in [0.05, 0.1) is 6.61 Å². The van der Waals surface area contributed by atoms with Crippen LogP contribution in [0.3, 0.4) is 0 Å². The van der Waals surface area contributed by atoms with Crippen molar-refractivity contribution in [3.63, 3.8) is 0 Å². The van der Waals surface area contributed by atoms with Gasteiger partial charge in [-0.05, 0) is 89.9 Å². The summed E-state index contributed by atoms with van der Waals surface area (Å²) >= 11 is 0. The number of esters is 2. The highest BCUT2D eigenvalue weighted by atomic mass is 16.6. The van der Waals surface area contributed by atoms with Gasteiger partial charge in [-0.15, -0.1) is 0 Å². The molecule has 294 valence electrons. The highest BCUT2D eigenvalue weighted by Gasteiger charge is 2.15. The second-order valence-corrected chi connectivity index (χ2v) is 13.3. The van der Waals surface area contributed by atoms with Crippen LogP contribution < -0.4 is 0 Å². The van der Waals surface area contributed by atoms with Gasteiger partial charge >= 0.3 is 11.9 Å². The highest BCUT2D eigenvalue weighted by Crippen LogP contribution is 2.11. The quantitative estimate of drug-likeness (QED) is 0.0396. The van der Waals surface area contributed by atoms with E-state index < -0.39 is 6.10 Å². The Morgan fingerprint density at radius 2 is 0.846 bits per heavy atom. The zero-order chi connectivity index (χ0) is 37.8. The van der Waals surface area contributed by atoms with Gasteiger partial charge in [-0.2, -0.15) is 0 Å². The molecule has 0 saturated heterocycles. The second kappa shape index (κ2) is 42.2. The van der Waals surface area contributed by atoms with E-state index >= 15 is 0 Å². The third-order valence-corrected chi connectivity index (χ3v) is 8.36. The number of ether oxygens (including phenoxy) is 2. The van der Waals surface area contributed by atoms with Crippen molar-refractivity contribution < 1.29 is 24.2 Å². The first-order valence-corrected chi connectivity index (χ1v) is 20.8. The van der Waals surface area contributed by atoms with Crippen molar-refractivity contribution in [1.82, 2.24) is 0 Å². The van der Waals surface area contributed by atoms with Crippen LogP contribution >= 0.6 is 0 Å². The second-order valence-electron chi connectivity index (χ2n) is 13.3. The number of rotatable bonds is 36. The van der Waals surface area contributed by atoms with Crippen molar-refractivity contribution in [2.45, 2.75) is 174 Å². The first-order valence-electron chi connectivity index (χ1n) is 20.8. The maximum atomic E-state index is 12.2. The van der Waals surface area contributed by atoms with E-state index in [1.54, 1.807) is 0 Å². The van der Waals surface area contributed by atoms with Gasteiger partial charge < -0.3 is 14.6 Å². The first-order chi connectivity index (χ1) is 25.6. The van der Waals surface area contributed by atoms with E-state index in [2.05, 4.69) is 111 Å². The van der Waals surface area contributed by atoms with Crippen LogP contribution in [0.1, 0.15) is 168 Å². The Morgan fingerprint density at radius 1 is 0.462 bits per heavy atom. The van der Waals surface area contributed by atoms with Crippen molar-refractivity contribution in [2.75, 3.05) is 13.2 Å². The van der Waals surface area contributed by atoms with Gasteiger partial charge in [0.2, 0.25) is 0 Å². The molecule has 0 rings (SSSR count). The third-order valence-electron chi connectivity index (χ3n) is 8.36. The molecule has 0 aliphatic carbocycles. The molecular weight excluding hydrogens is 645 g/mol. The molecule has 0 saturated carbocycles. The van der Waals surface area contributed by atoms with Crippen LogP contribution in [0, 0.1) is 0 Å². The first kappa shape index (κ1) is 48.8. The summed E-state index contributed by atoms with van der Waals surface area (Å²) in [6.45, 7) is 3.95. The summed E-state index contributed by atoms with van der Waals surface area (Å²) in [5.41, 5.74) is 0. The summed E-state index contributed by atoms with van der Waals surface area (Å²) < 4.78 is 10.6. The van der Waals surface area contributed by atoms with Crippen LogP contribution in [0.25, 0.3) is 0 Å².